The number of aromatic nitrogens is 1. The molecule has 2 N–H and O–H groups in total. The number of rotatable bonds is 9. The third-order valence-corrected chi connectivity index (χ3v) is 4.82. The average Bonchev–Trinajstić information content (AvgIpc) is 3.05. The summed E-state index contributed by atoms with van der Waals surface area (Å²) < 4.78 is 0. The lowest BCUT2D eigenvalue weighted by molar-refractivity contribution is -0.117. The van der Waals surface area contributed by atoms with Gasteiger partial charge in [0.05, 0.1) is 5.69 Å². The topological polar surface area (TPSA) is 74.3 Å². The fourth-order valence-corrected chi connectivity index (χ4v) is 3.40. The molecule has 1 aromatic carbocycles. The molecule has 0 bridgehead atoms. The molecule has 2 rings (SSSR count). The highest BCUT2D eigenvalue weighted by atomic mass is 35.5. The predicted octanol–water partition coefficient (Wildman–Crippen LogP) is 3.68. The Labute approximate surface area is 162 Å². The largest absolute Gasteiger partial charge is 0.326 e. The Balaban J connectivity index is 1.66. The number of benzene rings is 1. The van der Waals surface area contributed by atoms with Crippen LogP contribution < -0.4 is 15.5 Å². The van der Waals surface area contributed by atoms with Gasteiger partial charge >= 0.3 is 0 Å². The molecular weight excluding hydrogens is 372 g/mol. The Hall–Kier alpha value is -1.96. The lowest BCUT2D eigenvalue weighted by Gasteiger charge is -2.14. The summed E-state index contributed by atoms with van der Waals surface area (Å²) >= 11 is 7.28. The number of hydrogen-bond donors (Lipinski definition) is 2. The summed E-state index contributed by atoms with van der Waals surface area (Å²) in [4.78, 5) is 29.5. The zero-order chi connectivity index (χ0) is 18.9. The van der Waals surface area contributed by atoms with Crippen LogP contribution in [0.15, 0.2) is 29.6 Å². The number of carbonyl (C=O) groups excluding carboxylic acids is 2. The second-order valence-electron chi connectivity index (χ2n) is 5.72. The van der Waals surface area contributed by atoms with Gasteiger partial charge in [0.25, 0.3) is 0 Å². The van der Waals surface area contributed by atoms with Crippen LogP contribution in [0.25, 0.3) is 0 Å². The van der Waals surface area contributed by atoms with Crippen LogP contribution in [-0.4, -0.2) is 29.9 Å². The molecular formula is C18H23ClN4O2S. The number of nitrogens with zero attached hydrogens (tertiary/aromatic N) is 2. The maximum Gasteiger partial charge on any atom is 0.225 e. The highest BCUT2D eigenvalue weighted by Crippen LogP contribution is 2.20. The maximum atomic E-state index is 11.9. The van der Waals surface area contributed by atoms with Crippen LogP contribution in [0, 0.1) is 0 Å². The van der Waals surface area contributed by atoms with E-state index in [0.717, 1.165) is 22.9 Å². The van der Waals surface area contributed by atoms with Crippen molar-refractivity contribution in [1.29, 1.82) is 0 Å². The SMILES string of the molecule is CCN(C(C)=O)c1nc(CNCCCC(=O)Nc2ccc(Cl)cc2)cs1. The normalized spacial score (nSPS) is 10.6. The van der Waals surface area contributed by atoms with Crippen molar-refractivity contribution in [3.05, 3.63) is 40.4 Å². The van der Waals surface area contributed by atoms with E-state index in [-0.39, 0.29) is 11.8 Å². The molecule has 0 aliphatic rings. The molecule has 0 spiro atoms. The Morgan fingerprint density at radius 2 is 2.00 bits per heavy atom. The average molecular weight is 395 g/mol. The first-order valence-electron chi connectivity index (χ1n) is 8.48. The number of anilines is 2. The van der Waals surface area contributed by atoms with Gasteiger partial charge in [-0.25, -0.2) is 4.98 Å². The van der Waals surface area contributed by atoms with Gasteiger partial charge < -0.3 is 10.6 Å². The van der Waals surface area contributed by atoms with Crippen LogP contribution >= 0.6 is 22.9 Å². The molecule has 0 unspecified atom stereocenters. The van der Waals surface area contributed by atoms with E-state index in [1.54, 1.807) is 29.2 Å². The molecule has 0 radical (unpaired) electrons. The number of carbonyl (C=O) groups is 2. The minimum atomic E-state index is -0.0230. The summed E-state index contributed by atoms with van der Waals surface area (Å²) in [6.45, 7) is 5.40. The fourth-order valence-electron chi connectivity index (χ4n) is 2.34. The van der Waals surface area contributed by atoms with E-state index in [1.807, 2.05) is 12.3 Å². The van der Waals surface area contributed by atoms with E-state index in [0.29, 0.717) is 31.1 Å². The van der Waals surface area contributed by atoms with Gasteiger partial charge in [-0.2, -0.15) is 0 Å². The van der Waals surface area contributed by atoms with Crippen molar-refractivity contribution >= 4 is 45.6 Å². The van der Waals surface area contributed by atoms with Crippen LogP contribution in [0.4, 0.5) is 10.8 Å². The fraction of sp³-hybridized carbons (Fsp3) is 0.389. The molecule has 26 heavy (non-hydrogen) atoms. The second-order valence-corrected chi connectivity index (χ2v) is 6.99. The summed E-state index contributed by atoms with van der Waals surface area (Å²) in [5, 5.41) is 9.42. The third-order valence-electron chi connectivity index (χ3n) is 3.66. The number of amides is 2. The van der Waals surface area contributed by atoms with Gasteiger partial charge in [0.1, 0.15) is 0 Å². The number of nitrogens with one attached hydrogen (secondary N) is 2. The van der Waals surface area contributed by atoms with Crippen molar-refractivity contribution < 1.29 is 9.59 Å². The van der Waals surface area contributed by atoms with Crippen molar-refractivity contribution in [1.82, 2.24) is 10.3 Å². The van der Waals surface area contributed by atoms with Gasteiger partial charge in [-0.3, -0.25) is 14.5 Å². The molecule has 1 heterocycles. The van der Waals surface area contributed by atoms with Gasteiger partial charge in [0.2, 0.25) is 11.8 Å². The number of hydrogen-bond acceptors (Lipinski definition) is 5. The third kappa shape index (κ3) is 6.40. The maximum absolute atomic E-state index is 11.9. The van der Waals surface area contributed by atoms with Gasteiger partial charge in [0.15, 0.2) is 5.13 Å². The molecule has 0 aliphatic carbocycles. The first kappa shape index (κ1) is 20.4. The lowest BCUT2D eigenvalue weighted by Crippen LogP contribution is -2.27. The molecule has 140 valence electrons. The summed E-state index contributed by atoms with van der Waals surface area (Å²) in [6, 6.07) is 7.04. The van der Waals surface area contributed by atoms with E-state index >= 15 is 0 Å². The molecule has 2 aromatic rings. The highest BCUT2D eigenvalue weighted by molar-refractivity contribution is 7.14. The van der Waals surface area contributed by atoms with Crippen molar-refractivity contribution in [2.45, 2.75) is 33.2 Å². The lowest BCUT2D eigenvalue weighted by atomic mass is 10.2. The molecule has 6 nitrogen and oxygen atoms in total. The molecule has 0 saturated heterocycles. The molecule has 0 fully saturated rings. The van der Waals surface area contributed by atoms with Gasteiger partial charge in [-0.05, 0) is 44.2 Å². The summed E-state index contributed by atoms with van der Waals surface area (Å²) in [5.41, 5.74) is 1.64. The first-order chi connectivity index (χ1) is 12.5. The quantitative estimate of drug-likeness (QED) is 0.636. The number of halogens is 1. The van der Waals surface area contributed by atoms with Crippen molar-refractivity contribution in [3.8, 4) is 0 Å². The zero-order valence-electron chi connectivity index (χ0n) is 14.9. The van der Waals surface area contributed by atoms with E-state index in [1.165, 1.54) is 18.3 Å². The van der Waals surface area contributed by atoms with E-state index in [4.69, 9.17) is 11.6 Å². The van der Waals surface area contributed by atoms with Crippen molar-refractivity contribution in [3.63, 3.8) is 0 Å². The van der Waals surface area contributed by atoms with Crippen LogP contribution in [-0.2, 0) is 16.1 Å². The molecule has 2 amide bonds. The van der Waals surface area contributed by atoms with E-state index in [2.05, 4.69) is 15.6 Å². The first-order valence-corrected chi connectivity index (χ1v) is 9.74. The van der Waals surface area contributed by atoms with Crippen LogP contribution in [0.3, 0.4) is 0 Å². The Morgan fingerprint density at radius 3 is 2.65 bits per heavy atom. The minimum absolute atomic E-state index is 0.00643. The smallest absolute Gasteiger partial charge is 0.225 e. The summed E-state index contributed by atoms with van der Waals surface area (Å²) in [6.07, 6.45) is 1.16. The molecule has 0 atom stereocenters. The second kappa shape index (κ2) is 10.3. The van der Waals surface area contributed by atoms with Crippen molar-refractivity contribution in [2.24, 2.45) is 0 Å². The van der Waals surface area contributed by atoms with Crippen molar-refractivity contribution in [2.75, 3.05) is 23.3 Å². The summed E-state index contributed by atoms with van der Waals surface area (Å²) in [5.74, 6) is -0.0295. The Morgan fingerprint density at radius 1 is 1.27 bits per heavy atom. The van der Waals surface area contributed by atoms with Crippen LogP contribution in [0.5, 0.6) is 0 Å². The summed E-state index contributed by atoms with van der Waals surface area (Å²) in [7, 11) is 0. The zero-order valence-corrected chi connectivity index (χ0v) is 16.5. The van der Waals surface area contributed by atoms with Gasteiger partial charge in [-0.1, -0.05) is 11.6 Å². The molecule has 0 aliphatic heterocycles. The highest BCUT2D eigenvalue weighted by Gasteiger charge is 2.13. The standard InChI is InChI=1S/C18H23ClN4O2S/c1-3-23(13(2)24)18-22-16(12-26-18)11-20-10-4-5-17(25)21-15-8-6-14(19)7-9-15/h6-9,12,20H,3-5,10-11H2,1-2H3,(H,21,25). The Bertz CT molecular complexity index is 733. The molecule has 8 heteroatoms. The monoisotopic (exact) mass is 394 g/mol. The molecule has 0 saturated carbocycles. The minimum Gasteiger partial charge on any atom is -0.326 e. The van der Waals surface area contributed by atoms with E-state index in [9.17, 15) is 9.59 Å². The van der Waals surface area contributed by atoms with Gasteiger partial charge in [-0.15, -0.1) is 11.3 Å². The Kier molecular flexibility index (Phi) is 8.03. The van der Waals surface area contributed by atoms with E-state index < -0.39 is 0 Å². The van der Waals surface area contributed by atoms with Crippen LogP contribution in [0.2, 0.25) is 5.02 Å². The van der Waals surface area contributed by atoms with Gasteiger partial charge in [0, 0.05) is 42.5 Å². The molecule has 1 aromatic heterocycles. The predicted molar refractivity (Wildman–Crippen MR) is 107 cm³/mol. The van der Waals surface area contributed by atoms with Crippen LogP contribution in [0.1, 0.15) is 32.4 Å². The number of thiazole rings is 1.